The van der Waals surface area contributed by atoms with Crippen LogP contribution < -0.4 is 0 Å². The number of hydrogen-bond donors (Lipinski definition) is 0. The van der Waals surface area contributed by atoms with Gasteiger partial charge < -0.3 is 5.73 Å². The maximum absolute atomic E-state index is 3.36. The molecule has 1 unspecified atom stereocenters. The maximum Gasteiger partial charge on any atom is 0 e. The Kier molecular flexibility index (Phi) is 1.21. The molecule has 0 bridgehead atoms. The monoisotopic (exact) mass is 310 g/mol. The van der Waals surface area contributed by atoms with Crippen molar-refractivity contribution in [3.63, 3.8) is 0 Å². The first-order valence-corrected chi connectivity index (χ1v) is 3.74. The molecule has 3 rings (SSSR count). The largest absolute Gasteiger partial charge is 0.350 e. The second kappa shape index (κ2) is 1.80. The van der Waals surface area contributed by atoms with E-state index in [4.69, 9.17) is 0 Å². The number of rotatable bonds is 0. The average molecular weight is 309 g/mol. The molecular formula is C9H9Ir-. The topological polar surface area (TPSA) is 0 Å². The molecule has 0 nitrogen and oxygen atoms in total. The molecule has 2 fully saturated rings. The van der Waals surface area contributed by atoms with E-state index in [0.717, 1.165) is 0 Å². The molecule has 1 spiro atoms. The molecule has 55 valence electrons. The van der Waals surface area contributed by atoms with Crippen LogP contribution in [-0.4, -0.2) is 0 Å². The molecule has 0 aromatic heterocycles. The molecule has 0 aromatic carbocycles. The Morgan fingerprint density at radius 1 is 1.50 bits per heavy atom. The minimum absolute atomic E-state index is 0. The van der Waals surface area contributed by atoms with Gasteiger partial charge in [0, 0.05) is 20.1 Å². The number of hydrogen-bond acceptors (Lipinski definition) is 0. The van der Waals surface area contributed by atoms with Crippen molar-refractivity contribution >= 4 is 0 Å². The van der Waals surface area contributed by atoms with Gasteiger partial charge in [-0.3, -0.25) is 0 Å². The van der Waals surface area contributed by atoms with Crippen LogP contribution in [-0.2, 0) is 20.1 Å². The predicted molar refractivity (Wildman–Crippen MR) is 35.7 cm³/mol. The van der Waals surface area contributed by atoms with Crippen LogP contribution in [0.1, 0.15) is 25.7 Å². The fraction of sp³-hybridized carbons (Fsp3) is 0.556. The van der Waals surface area contributed by atoms with Crippen LogP contribution in [0.4, 0.5) is 0 Å². The smallest absolute Gasteiger partial charge is 0 e. The Hall–Kier alpha value is 0.0394. The Bertz CT molecular complexity index is 231. The normalized spacial score (nSPS) is 38.4. The molecule has 10 heavy (non-hydrogen) atoms. The Balaban J connectivity index is 0.000000403. The van der Waals surface area contributed by atoms with E-state index < -0.39 is 0 Å². The van der Waals surface area contributed by atoms with E-state index in [1.807, 2.05) is 0 Å². The van der Waals surface area contributed by atoms with E-state index in [0.29, 0.717) is 5.41 Å². The third-order valence-electron chi connectivity index (χ3n) is 3.24. The van der Waals surface area contributed by atoms with Gasteiger partial charge in [-0.25, -0.2) is 12.0 Å². The van der Waals surface area contributed by atoms with Crippen molar-refractivity contribution in [1.82, 2.24) is 0 Å². The molecule has 0 aliphatic heterocycles. The van der Waals surface area contributed by atoms with Crippen LogP contribution >= 0.6 is 0 Å². The minimum Gasteiger partial charge on any atom is -0.350 e. The summed E-state index contributed by atoms with van der Waals surface area (Å²) in [6, 6.07) is 0. The van der Waals surface area contributed by atoms with Crippen LogP contribution in [0.25, 0.3) is 0 Å². The summed E-state index contributed by atoms with van der Waals surface area (Å²) in [4.78, 5) is 0. The van der Waals surface area contributed by atoms with E-state index >= 15 is 0 Å². The zero-order valence-corrected chi connectivity index (χ0v) is 8.13. The van der Waals surface area contributed by atoms with Gasteiger partial charge in [-0.05, 0) is 6.42 Å². The van der Waals surface area contributed by atoms with Crippen molar-refractivity contribution in [2.24, 2.45) is 5.41 Å². The molecule has 1 atom stereocenters. The summed E-state index contributed by atoms with van der Waals surface area (Å²) in [5.41, 5.74) is 5.62. The van der Waals surface area contributed by atoms with Crippen molar-refractivity contribution < 1.29 is 20.1 Å². The summed E-state index contributed by atoms with van der Waals surface area (Å²) in [6.07, 6.45) is 7.78. The fourth-order valence-corrected chi connectivity index (χ4v) is 2.35. The zero-order chi connectivity index (χ0) is 5.90. The van der Waals surface area contributed by atoms with Gasteiger partial charge in [0.2, 0.25) is 0 Å². The standard InChI is InChI=1S/C9H9.Ir/c1-2-8-4-6-9(8)5-3-7(1)9;/h1H,3-6H2;/q-1;. The van der Waals surface area contributed by atoms with Gasteiger partial charge in [0.15, 0.2) is 0 Å². The second-order valence-electron chi connectivity index (χ2n) is 3.37. The van der Waals surface area contributed by atoms with Crippen molar-refractivity contribution in [3.05, 3.63) is 23.3 Å². The first kappa shape index (κ1) is 6.73. The maximum atomic E-state index is 3.36. The summed E-state index contributed by atoms with van der Waals surface area (Å²) in [7, 11) is 0. The van der Waals surface area contributed by atoms with Gasteiger partial charge in [0.05, 0.1) is 0 Å². The van der Waals surface area contributed by atoms with E-state index in [9.17, 15) is 0 Å². The summed E-state index contributed by atoms with van der Waals surface area (Å²) < 4.78 is 0. The first-order valence-electron chi connectivity index (χ1n) is 3.74. The van der Waals surface area contributed by atoms with Crippen LogP contribution in [0.2, 0.25) is 0 Å². The van der Waals surface area contributed by atoms with Gasteiger partial charge in [-0.2, -0.15) is 0 Å². The Morgan fingerprint density at radius 3 is 2.70 bits per heavy atom. The quantitative estimate of drug-likeness (QED) is 0.475. The first-order chi connectivity index (χ1) is 4.42. The molecule has 0 amide bonds. The molecule has 3 aliphatic carbocycles. The molecule has 0 heterocycles. The van der Waals surface area contributed by atoms with Gasteiger partial charge >= 0.3 is 0 Å². The summed E-state index contributed by atoms with van der Waals surface area (Å²) in [5.74, 6) is 1.68. The summed E-state index contributed by atoms with van der Waals surface area (Å²) >= 11 is 0. The third kappa shape index (κ3) is 0.472. The minimum atomic E-state index is 0. The van der Waals surface area contributed by atoms with E-state index in [-0.39, 0.29) is 20.1 Å². The van der Waals surface area contributed by atoms with Gasteiger partial charge in [0.1, 0.15) is 0 Å². The van der Waals surface area contributed by atoms with Gasteiger partial charge in [-0.15, -0.1) is 5.57 Å². The fourth-order valence-electron chi connectivity index (χ4n) is 2.35. The van der Waals surface area contributed by atoms with Gasteiger partial charge in [0.25, 0.3) is 0 Å². The van der Waals surface area contributed by atoms with Crippen LogP contribution in [0.5, 0.6) is 0 Å². The molecule has 0 aromatic rings. The number of allylic oxidation sites excluding steroid dienone is 1. The molecule has 0 N–H and O–H groups in total. The van der Waals surface area contributed by atoms with Crippen LogP contribution in [0.3, 0.4) is 0 Å². The van der Waals surface area contributed by atoms with Crippen LogP contribution in [0.15, 0.2) is 17.4 Å². The summed E-state index contributed by atoms with van der Waals surface area (Å²) in [6.45, 7) is 0. The Morgan fingerprint density at radius 2 is 2.40 bits per heavy atom. The molecule has 1 heteroatoms. The van der Waals surface area contributed by atoms with E-state index in [1.54, 1.807) is 11.5 Å². The van der Waals surface area contributed by atoms with Crippen molar-refractivity contribution in [2.45, 2.75) is 25.7 Å². The molecule has 2 saturated carbocycles. The SMILES string of the molecule is C1=C[C-]2CCC23CCC=13.[Ir]. The van der Waals surface area contributed by atoms with E-state index in [2.05, 4.69) is 11.8 Å². The second-order valence-corrected chi connectivity index (χ2v) is 3.37. The molecular weight excluding hydrogens is 300 g/mol. The predicted octanol–water partition coefficient (Wildman–Crippen LogP) is 2.23. The average Bonchev–Trinajstić information content (AvgIpc) is 1.85. The third-order valence-corrected chi connectivity index (χ3v) is 3.24. The van der Waals surface area contributed by atoms with E-state index in [1.165, 1.54) is 25.7 Å². The van der Waals surface area contributed by atoms with Crippen LogP contribution in [0, 0.1) is 11.3 Å². The van der Waals surface area contributed by atoms with Crippen molar-refractivity contribution in [1.29, 1.82) is 0 Å². The van der Waals surface area contributed by atoms with Crippen molar-refractivity contribution in [2.75, 3.05) is 0 Å². The summed E-state index contributed by atoms with van der Waals surface area (Å²) in [5, 5.41) is 0. The van der Waals surface area contributed by atoms with Gasteiger partial charge in [-0.1, -0.05) is 24.7 Å². The molecule has 3 aliphatic rings. The van der Waals surface area contributed by atoms with Crippen molar-refractivity contribution in [3.8, 4) is 0 Å². The molecule has 1 radical (unpaired) electrons. The molecule has 0 saturated heterocycles. The zero-order valence-electron chi connectivity index (χ0n) is 5.74. The Labute approximate surface area is 74.7 Å².